The lowest BCUT2D eigenvalue weighted by atomic mass is 9.79. The van der Waals surface area contributed by atoms with Gasteiger partial charge in [-0.05, 0) is 47.9 Å². The highest BCUT2D eigenvalue weighted by atomic mass is 79.9. The highest BCUT2D eigenvalue weighted by molar-refractivity contribution is 9.10. The van der Waals surface area contributed by atoms with Crippen LogP contribution in [0.1, 0.15) is 11.1 Å². The van der Waals surface area contributed by atoms with Gasteiger partial charge in [-0.1, -0.05) is 83.1 Å². The number of halogens is 5. The van der Waals surface area contributed by atoms with Gasteiger partial charge < -0.3 is 0 Å². The van der Waals surface area contributed by atoms with Crippen LogP contribution in [-0.2, 0) is 11.8 Å². The summed E-state index contributed by atoms with van der Waals surface area (Å²) >= 11 is 23.3. The summed E-state index contributed by atoms with van der Waals surface area (Å²) in [4.78, 5) is 0. The van der Waals surface area contributed by atoms with Gasteiger partial charge in [0, 0.05) is 30.6 Å². The Balaban J connectivity index is 2.42. The second-order valence-corrected chi connectivity index (χ2v) is 7.85. The molecule has 0 heterocycles. The molecule has 0 spiro atoms. The number of hydrogen-bond acceptors (Lipinski definition) is 0. The molecular weight excluding hydrogens is 503 g/mol. The third-order valence-corrected chi connectivity index (χ3v) is 6.78. The molecule has 5 heteroatoms. The van der Waals surface area contributed by atoms with E-state index in [4.69, 9.17) is 23.2 Å². The van der Waals surface area contributed by atoms with Crippen LogP contribution < -0.4 is 0 Å². The molecule has 0 unspecified atom stereocenters. The molecule has 0 nitrogen and oxygen atoms in total. The average molecular weight is 516 g/mol. The molecular formula is C16H13Br3Cl2. The van der Waals surface area contributed by atoms with Crippen LogP contribution in [-0.4, -0.2) is 10.7 Å². The van der Waals surface area contributed by atoms with Gasteiger partial charge in [0.15, 0.2) is 0 Å². The van der Waals surface area contributed by atoms with Gasteiger partial charge in [0.05, 0.1) is 0 Å². The fraction of sp³-hybridized carbons (Fsp3) is 0.250. The highest BCUT2D eigenvalue weighted by Gasteiger charge is 2.31. The van der Waals surface area contributed by atoms with Crippen LogP contribution in [0.25, 0.3) is 0 Å². The van der Waals surface area contributed by atoms with Gasteiger partial charge in [0.2, 0.25) is 0 Å². The van der Waals surface area contributed by atoms with Crippen molar-refractivity contribution in [2.75, 3.05) is 10.7 Å². The molecule has 0 aliphatic heterocycles. The fourth-order valence-corrected chi connectivity index (χ4v) is 4.85. The second kappa shape index (κ2) is 7.83. The first-order chi connectivity index (χ1) is 10.0. The molecule has 0 saturated carbocycles. The topological polar surface area (TPSA) is 0 Å². The zero-order valence-electron chi connectivity index (χ0n) is 11.1. The molecule has 0 radical (unpaired) electrons. The fourth-order valence-electron chi connectivity index (χ4n) is 2.23. The largest absolute Gasteiger partial charge is 0.0918 e. The van der Waals surface area contributed by atoms with E-state index in [2.05, 4.69) is 72.1 Å². The summed E-state index contributed by atoms with van der Waals surface area (Å²) in [5, 5.41) is 3.12. The monoisotopic (exact) mass is 512 g/mol. The van der Waals surface area contributed by atoms with Crippen LogP contribution in [0.15, 0.2) is 46.9 Å². The molecule has 0 amide bonds. The molecule has 2 aromatic rings. The Labute approximate surface area is 160 Å². The van der Waals surface area contributed by atoms with E-state index in [9.17, 15) is 0 Å². The summed E-state index contributed by atoms with van der Waals surface area (Å²) in [5.74, 6) is 0. The molecule has 0 N–H and O–H groups in total. The van der Waals surface area contributed by atoms with E-state index in [0.717, 1.165) is 32.1 Å². The minimum absolute atomic E-state index is 0.0744. The van der Waals surface area contributed by atoms with Crippen molar-refractivity contribution in [1.29, 1.82) is 0 Å². The number of benzene rings is 2. The molecule has 2 aromatic carbocycles. The van der Waals surface area contributed by atoms with Crippen LogP contribution in [0.5, 0.6) is 0 Å². The maximum absolute atomic E-state index is 6.33. The Hall–Kier alpha value is 0.460. The molecule has 0 aromatic heterocycles. The van der Waals surface area contributed by atoms with Crippen LogP contribution in [0.3, 0.4) is 0 Å². The Morgan fingerprint density at radius 1 is 0.905 bits per heavy atom. The lowest BCUT2D eigenvalue weighted by Crippen LogP contribution is -2.33. The van der Waals surface area contributed by atoms with E-state index in [1.807, 2.05) is 18.2 Å². The van der Waals surface area contributed by atoms with Gasteiger partial charge in [-0.25, -0.2) is 0 Å². The maximum Gasteiger partial charge on any atom is 0.0439 e. The third kappa shape index (κ3) is 4.26. The third-order valence-electron chi connectivity index (χ3n) is 3.50. The first kappa shape index (κ1) is 17.8. The first-order valence-corrected chi connectivity index (χ1v) is 10.1. The minimum atomic E-state index is -0.0744. The van der Waals surface area contributed by atoms with E-state index < -0.39 is 0 Å². The number of alkyl halides is 2. The Morgan fingerprint density at radius 2 is 1.52 bits per heavy atom. The molecule has 21 heavy (non-hydrogen) atoms. The average Bonchev–Trinajstić information content (AvgIpc) is 2.49. The van der Waals surface area contributed by atoms with Crippen LogP contribution in [0.4, 0.5) is 0 Å². The van der Waals surface area contributed by atoms with E-state index in [0.29, 0.717) is 5.02 Å². The first-order valence-electron chi connectivity index (χ1n) is 6.33. The van der Waals surface area contributed by atoms with Crippen LogP contribution >= 0.6 is 71.0 Å². The standard InChI is InChI=1S/C16H13Br3Cl2/c17-9-16(10-18,12-1-3-13(19)4-2-12)8-11-7-14(20)5-6-15(11)21/h1-7H,8-10H2. The van der Waals surface area contributed by atoms with Crippen molar-refractivity contribution in [3.05, 3.63) is 68.1 Å². The maximum atomic E-state index is 6.33. The second-order valence-electron chi connectivity index (χ2n) is 4.97. The van der Waals surface area contributed by atoms with E-state index in [1.54, 1.807) is 0 Å². The van der Waals surface area contributed by atoms with Crippen molar-refractivity contribution in [3.8, 4) is 0 Å². The summed E-state index contributed by atoms with van der Waals surface area (Å²) in [6, 6.07) is 14.0. The normalized spacial score (nSPS) is 11.7. The van der Waals surface area contributed by atoms with Crippen LogP contribution in [0, 0.1) is 0 Å². The van der Waals surface area contributed by atoms with E-state index in [1.165, 1.54) is 5.56 Å². The van der Waals surface area contributed by atoms with Gasteiger partial charge >= 0.3 is 0 Å². The molecule has 0 fully saturated rings. The van der Waals surface area contributed by atoms with Gasteiger partial charge in [-0.15, -0.1) is 0 Å². The smallest absolute Gasteiger partial charge is 0.0439 e. The summed E-state index contributed by atoms with van der Waals surface area (Å²) in [6.07, 6.45) is 0.810. The highest BCUT2D eigenvalue weighted by Crippen LogP contribution is 2.36. The molecule has 112 valence electrons. The van der Waals surface area contributed by atoms with Crippen LogP contribution in [0.2, 0.25) is 10.0 Å². The zero-order valence-corrected chi connectivity index (χ0v) is 17.3. The summed E-state index contributed by atoms with van der Waals surface area (Å²) in [6.45, 7) is 0. The predicted octanol–water partition coefficient (Wildman–Crippen LogP) is 7.03. The zero-order chi connectivity index (χ0) is 15.5. The molecule has 0 atom stereocenters. The summed E-state index contributed by atoms with van der Waals surface area (Å²) < 4.78 is 1.07. The van der Waals surface area contributed by atoms with Gasteiger partial charge in [-0.2, -0.15) is 0 Å². The van der Waals surface area contributed by atoms with Gasteiger partial charge in [0.25, 0.3) is 0 Å². The molecule has 0 saturated heterocycles. The van der Waals surface area contributed by atoms with Crippen molar-refractivity contribution in [2.45, 2.75) is 11.8 Å². The molecule has 0 aliphatic carbocycles. The van der Waals surface area contributed by atoms with Crippen molar-refractivity contribution >= 4 is 71.0 Å². The van der Waals surface area contributed by atoms with E-state index in [-0.39, 0.29) is 5.41 Å². The predicted molar refractivity (Wildman–Crippen MR) is 104 cm³/mol. The lowest BCUT2D eigenvalue weighted by Gasteiger charge is -2.31. The van der Waals surface area contributed by atoms with E-state index >= 15 is 0 Å². The molecule has 2 rings (SSSR count). The number of rotatable bonds is 5. The molecule has 0 aliphatic rings. The Morgan fingerprint density at radius 3 is 2.10 bits per heavy atom. The van der Waals surface area contributed by atoms with Gasteiger partial charge in [-0.3, -0.25) is 0 Å². The van der Waals surface area contributed by atoms with Crippen molar-refractivity contribution in [1.82, 2.24) is 0 Å². The van der Waals surface area contributed by atoms with Crippen molar-refractivity contribution in [2.24, 2.45) is 0 Å². The Kier molecular flexibility index (Phi) is 6.64. The SMILES string of the molecule is Clc1ccc(Cl)c(CC(CBr)(CBr)c2ccc(Br)cc2)c1. The Bertz CT molecular complexity index is 607. The number of hydrogen-bond donors (Lipinski definition) is 0. The lowest BCUT2D eigenvalue weighted by molar-refractivity contribution is 0.551. The summed E-state index contributed by atoms with van der Waals surface area (Å²) in [7, 11) is 0. The van der Waals surface area contributed by atoms with Crippen molar-refractivity contribution < 1.29 is 0 Å². The minimum Gasteiger partial charge on any atom is -0.0918 e. The quantitative estimate of drug-likeness (QED) is 0.375. The summed E-state index contributed by atoms with van der Waals surface area (Å²) in [5.41, 5.74) is 2.25. The van der Waals surface area contributed by atoms with Crippen molar-refractivity contribution in [3.63, 3.8) is 0 Å². The molecule has 0 bridgehead atoms. The van der Waals surface area contributed by atoms with Gasteiger partial charge in [0.1, 0.15) is 0 Å².